The van der Waals surface area contributed by atoms with Crippen LogP contribution in [0, 0.1) is 0 Å². The van der Waals surface area contributed by atoms with Gasteiger partial charge < -0.3 is 10.8 Å². The molecule has 0 saturated heterocycles. The van der Waals surface area contributed by atoms with Gasteiger partial charge in [-0.05, 0) is 40.5 Å². The molecule has 0 fully saturated rings. The fraction of sp³-hybridized carbons (Fsp3) is 0.333. The molecule has 1 aromatic rings. The van der Waals surface area contributed by atoms with Crippen LogP contribution in [0.5, 0.6) is 0 Å². The van der Waals surface area contributed by atoms with E-state index in [4.69, 9.17) is 22.4 Å². The zero-order chi connectivity index (χ0) is 10.1. The van der Waals surface area contributed by atoms with Crippen LogP contribution in [0.25, 0.3) is 0 Å². The van der Waals surface area contributed by atoms with Crippen LogP contribution < -0.4 is 5.73 Å². The van der Waals surface area contributed by atoms with E-state index in [1.54, 1.807) is 13.0 Å². The normalized spacial score (nSPS) is 15.5. The maximum atomic E-state index is 9.03. The van der Waals surface area contributed by atoms with Gasteiger partial charge in [0.05, 0.1) is 17.2 Å². The van der Waals surface area contributed by atoms with Gasteiger partial charge in [0.1, 0.15) is 0 Å². The molecule has 0 aliphatic rings. The van der Waals surface area contributed by atoms with Gasteiger partial charge in [-0.3, -0.25) is 0 Å². The second-order valence-corrected chi connectivity index (χ2v) is 4.47. The lowest BCUT2D eigenvalue weighted by Crippen LogP contribution is -2.36. The smallest absolute Gasteiger partial charge is 0.0650 e. The molecule has 0 amide bonds. The van der Waals surface area contributed by atoms with Gasteiger partial charge in [-0.15, -0.1) is 0 Å². The third-order valence-electron chi connectivity index (χ3n) is 1.91. The summed E-state index contributed by atoms with van der Waals surface area (Å²) < 4.78 is 0.789. The highest BCUT2D eigenvalue weighted by Gasteiger charge is 2.20. The molecule has 0 aliphatic heterocycles. The number of hydrogen-bond donors (Lipinski definition) is 2. The van der Waals surface area contributed by atoms with E-state index >= 15 is 0 Å². The van der Waals surface area contributed by atoms with Gasteiger partial charge in [0.15, 0.2) is 0 Å². The van der Waals surface area contributed by atoms with Crippen molar-refractivity contribution in [2.45, 2.75) is 12.5 Å². The van der Waals surface area contributed by atoms with Crippen LogP contribution in [0.2, 0.25) is 5.02 Å². The first-order valence-electron chi connectivity index (χ1n) is 3.82. The highest BCUT2D eigenvalue weighted by atomic mass is 79.9. The Morgan fingerprint density at radius 3 is 2.69 bits per heavy atom. The Balaban J connectivity index is 3.10. The van der Waals surface area contributed by atoms with E-state index in [1.165, 1.54) is 0 Å². The van der Waals surface area contributed by atoms with E-state index in [-0.39, 0.29) is 6.61 Å². The number of benzene rings is 1. The van der Waals surface area contributed by atoms with Crippen molar-refractivity contribution in [1.29, 1.82) is 0 Å². The Morgan fingerprint density at radius 1 is 1.62 bits per heavy atom. The summed E-state index contributed by atoms with van der Waals surface area (Å²) in [6, 6.07) is 5.38. The lowest BCUT2D eigenvalue weighted by molar-refractivity contribution is 0.210. The molecular weight excluding hydrogens is 253 g/mol. The largest absolute Gasteiger partial charge is 0.394 e. The quantitative estimate of drug-likeness (QED) is 0.861. The molecule has 0 aliphatic carbocycles. The second-order valence-electron chi connectivity index (χ2n) is 3.20. The lowest BCUT2D eigenvalue weighted by atomic mass is 9.94. The summed E-state index contributed by atoms with van der Waals surface area (Å²) >= 11 is 9.12. The summed E-state index contributed by atoms with van der Waals surface area (Å²) in [4.78, 5) is 0. The molecule has 2 nitrogen and oxygen atoms in total. The van der Waals surface area contributed by atoms with Crippen molar-refractivity contribution >= 4 is 27.5 Å². The first-order chi connectivity index (χ1) is 5.97. The van der Waals surface area contributed by atoms with Crippen LogP contribution in [0.3, 0.4) is 0 Å². The molecule has 1 atom stereocenters. The summed E-state index contributed by atoms with van der Waals surface area (Å²) in [7, 11) is 0. The summed E-state index contributed by atoms with van der Waals surface area (Å²) in [5, 5.41) is 9.67. The number of nitrogens with two attached hydrogens (primary N) is 1. The highest BCUT2D eigenvalue weighted by Crippen LogP contribution is 2.27. The van der Waals surface area contributed by atoms with Gasteiger partial charge in [-0.25, -0.2) is 0 Å². The van der Waals surface area contributed by atoms with Gasteiger partial charge in [0.25, 0.3) is 0 Å². The minimum atomic E-state index is -0.715. The fourth-order valence-electron chi connectivity index (χ4n) is 0.943. The van der Waals surface area contributed by atoms with Crippen molar-refractivity contribution in [2.24, 2.45) is 5.73 Å². The van der Waals surface area contributed by atoms with Crippen molar-refractivity contribution in [3.63, 3.8) is 0 Å². The summed E-state index contributed by atoms with van der Waals surface area (Å²) in [5.41, 5.74) is 5.98. The van der Waals surface area contributed by atoms with Crippen molar-refractivity contribution < 1.29 is 5.11 Å². The third kappa shape index (κ3) is 2.44. The Bertz CT molecular complexity index is 314. The van der Waals surface area contributed by atoms with Crippen LogP contribution in [-0.2, 0) is 5.54 Å². The van der Waals surface area contributed by atoms with E-state index < -0.39 is 5.54 Å². The van der Waals surface area contributed by atoms with Gasteiger partial charge in [0, 0.05) is 4.47 Å². The van der Waals surface area contributed by atoms with Crippen molar-refractivity contribution in [2.75, 3.05) is 6.61 Å². The third-order valence-corrected chi connectivity index (χ3v) is 3.12. The first-order valence-corrected chi connectivity index (χ1v) is 5.00. The topological polar surface area (TPSA) is 46.2 Å². The van der Waals surface area contributed by atoms with Crippen LogP contribution in [0.15, 0.2) is 22.7 Å². The predicted molar refractivity (Wildman–Crippen MR) is 57.8 cm³/mol. The number of hydrogen-bond acceptors (Lipinski definition) is 2. The number of aliphatic hydroxyl groups is 1. The lowest BCUT2D eigenvalue weighted by Gasteiger charge is -2.22. The van der Waals surface area contributed by atoms with E-state index in [0.717, 1.165) is 10.0 Å². The van der Waals surface area contributed by atoms with Gasteiger partial charge >= 0.3 is 0 Å². The molecule has 72 valence electrons. The van der Waals surface area contributed by atoms with E-state index in [0.29, 0.717) is 5.02 Å². The number of rotatable bonds is 2. The molecule has 0 bridgehead atoms. The second kappa shape index (κ2) is 3.96. The number of aliphatic hydroxyl groups excluding tert-OH is 1. The van der Waals surface area contributed by atoms with Gasteiger partial charge in [-0.2, -0.15) is 0 Å². The fourth-order valence-corrected chi connectivity index (χ4v) is 1.44. The summed E-state index contributed by atoms with van der Waals surface area (Å²) in [6.45, 7) is 1.67. The molecule has 1 rings (SSSR count). The average molecular weight is 265 g/mol. The van der Waals surface area contributed by atoms with Crippen LogP contribution in [-0.4, -0.2) is 11.7 Å². The zero-order valence-electron chi connectivity index (χ0n) is 7.22. The van der Waals surface area contributed by atoms with Crippen LogP contribution >= 0.6 is 27.5 Å². The highest BCUT2D eigenvalue weighted by molar-refractivity contribution is 9.10. The molecular formula is C9H11BrClNO. The van der Waals surface area contributed by atoms with Crippen molar-refractivity contribution in [3.05, 3.63) is 33.3 Å². The monoisotopic (exact) mass is 263 g/mol. The Morgan fingerprint density at radius 2 is 2.23 bits per heavy atom. The van der Waals surface area contributed by atoms with E-state index in [9.17, 15) is 0 Å². The standard InChI is InChI=1S/C9H11BrClNO/c1-9(12,5-13)6-2-3-8(11)7(10)4-6/h2-4,13H,5,12H2,1H3/t9-/m0/s1. The average Bonchev–Trinajstić information content (AvgIpc) is 2.09. The predicted octanol–water partition coefficient (Wildman–Crippen LogP) is 2.27. The van der Waals surface area contributed by atoms with Gasteiger partial charge in [0.2, 0.25) is 0 Å². The summed E-state index contributed by atoms with van der Waals surface area (Å²) in [6.07, 6.45) is 0. The van der Waals surface area contributed by atoms with E-state index in [2.05, 4.69) is 15.9 Å². The molecule has 0 unspecified atom stereocenters. The molecule has 1 aromatic carbocycles. The maximum absolute atomic E-state index is 9.03. The SMILES string of the molecule is C[C@](N)(CO)c1ccc(Cl)c(Br)c1. The van der Waals surface area contributed by atoms with Gasteiger partial charge in [-0.1, -0.05) is 17.7 Å². The molecule has 4 heteroatoms. The molecule has 0 radical (unpaired) electrons. The van der Waals surface area contributed by atoms with Crippen LogP contribution in [0.4, 0.5) is 0 Å². The summed E-state index contributed by atoms with van der Waals surface area (Å²) in [5.74, 6) is 0. The molecule has 0 spiro atoms. The molecule has 0 heterocycles. The molecule has 0 saturated carbocycles. The van der Waals surface area contributed by atoms with Crippen molar-refractivity contribution in [1.82, 2.24) is 0 Å². The first kappa shape index (κ1) is 11.0. The minimum Gasteiger partial charge on any atom is -0.394 e. The van der Waals surface area contributed by atoms with Crippen molar-refractivity contribution in [3.8, 4) is 0 Å². The Kier molecular flexibility index (Phi) is 3.35. The molecule has 0 aromatic heterocycles. The maximum Gasteiger partial charge on any atom is 0.0650 e. The number of halogens is 2. The zero-order valence-corrected chi connectivity index (χ0v) is 9.56. The Hall–Kier alpha value is -0.0900. The van der Waals surface area contributed by atoms with E-state index in [1.807, 2.05) is 12.1 Å². The van der Waals surface area contributed by atoms with Crippen LogP contribution in [0.1, 0.15) is 12.5 Å². The molecule has 13 heavy (non-hydrogen) atoms. The minimum absolute atomic E-state index is 0.0962. The Labute approximate surface area is 90.8 Å². The molecule has 3 N–H and O–H groups in total.